The summed E-state index contributed by atoms with van der Waals surface area (Å²) in [6.07, 6.45) is 0. The lowest BCUT2D eigenvalue weighted by molar-refractivity contribution is -0.150. The number of rotatable bonds is 6. The van der Waals surface area contributed by atoms with E-state index in [1.807, 2.05) is 0 Å². The Morgan fingerprint density at radius 1 is 1.28 bits per heavy atom. The third-order valence-electron chi connectivity index (χ3n) is 3.49. The van der Waals surface area contributed by atoms with E-state index in [2.05, 4.69) is 5.32 Å². The highest BCUT2D eigenvalue weighted by Gasteiger charge is 2.44. The van der Waals surface area contributed by atoms with Gasteiger partial charge in [0.05, 0.1) is 17.6 Å². The van der Waals surface area contributed by atoms with Crippen LogP contribution in [0, 0.1) is 5.41 Å². The number of likely N-dealkylation sites (N-methyl/N-ethyl adjacent to an activating group) is 1. The number of hydrogen-bond acceptors (Lipinski definition) is 3. The van der Waals surface area contributed by atoms with Crippen LogP contribution in [-0.4, -0.2) is 54.9 Å². The van der Waals surface area contributed by atoms with Crippen LogP contribution in [-0.2, 0) is 9.53 Å². The third kappa shape index (κ3) is 3.87. The van der Waals surface area contributed by atoms with E-state index < -0.39 is 16.9 Å². The second kappa shape index (κ2) is 6.04. The number of hydrogen-bond donors (Lipinski definition) is 2. The van der Waals surface area contributed by atoms with Gasteiger partial charge in [0.1, 0.15) is 0 Å². The number of nitrogens with one attached hydrogen (secondary N) is 1. The molecule has 0 aromatic heterocycles. The molecule has 18 heavy (non-hydrogen) atoms. The quantitative estimate of drug-likeness (QED) is 0.751. The molecule has 6 heteroatoms. The van der Waals surface area contributed by atoms with Gasteiger partial charge in [-0.3, -0.25) is 4.79 Å². The van der Waals surface area contributed by atoms with Crippen LogP contribution in [0.2, 0.25) is 0 Å². The molecule has 0 rings (SSSR count). The van der Waals surface area contributed by atoms with Crippen LogP contribution in [0.4, 0.5) is 4.79 Å². The van der Waals surface area contributed by atoms with Gasteiger partial charge in [-0.25, -0.2) is 4.79 Å². The van der Waals surface area contributed by atoms with Crippen molar-refractivity contribution in [3.05, 3.63) is 0 Å². The molecule has 0 aliphatic carbocycles. The van der Waals surface area contributed by atoms with E-state index in [9.17, 15) is 14.7 Å². The van der Waals surface area contributed by atoms with Crippen molar-refractivity contribution in [1.82, 2.24) is 10.2 Å². The standard InChI is InChI=1S/C12H24N2O4/c1-11(2,9(15)16)12(3,4)13-10(17)14(5)7-8-18-6/h7-8H2,1-6H3,(H,13,17)(H,15,16). The number of urea groups is 1. The first kappa shape index (κ1) is 16.7. The van der Waals surface area contributed by atoms with Gasteiger partial charge in [0.2, 0.25) is 0 Å². The third-order valence-corrected chi connectivity index (χ3v) is 3.49. The number of carboxylic acids is 1. The van der Waals surface area contributed by atoms with Crippen LogP contribution in [0.25, 0.3) is 0 Å². The van der Waals surface area contributed by atoms with Crippen molar-refractivity contribution in [3.8, 4) is 0 Å². The highest BCUT2D eigenvalue weighted by molar-refractivity contribution is 5.79. The van der Waals surface area contributed by atoms with Crippen molar-refractivity contribution in [2.75, 3.05) is 27.3 Å². The summed E-state index contributed by atoms with van der Waals surface area (Å²) in [5.41, 5.74) is -1.93. The molecule has 0 saturated carbocycles. The topological polar surface area (TPSA) is 78.9 Å². The van der Waals surface area contributed by atoms with Gasteiger partial charge < -0.3 is 20.1 Å². The predicted octanol–water partition coefficient (Wildman–Crippen LogP) is 1.16. The molecule has 2 amide bonds. The largest absolute Gasteiger partial charge is 0.481 e. The maximum atomic E-state index is 11.9. The Morgan fingerprint density at radius 3 is 2.17 bits per heavy atom. The first-order valence-electron chi connectivity index (χ1n) is 5.82. The number of carbonyl (C=O) groups is 2. The van der Waals surface area contributed by atoms with Gasteiger partial charge in [-0.15, -0.1) is 0 Å². The van der Waals surface area contributed by atoms with E-state index >= 15 is 0 Å². The van der Waals surface area contributed by atoms with E-state index in [-0.39, 0.29) is 6.03 Å². The molecule has 0 aliphatic rings. The number of amides is 2. The van der Waals surface area contributed by atoms with Crippen LogP contribution in [0.5, 0.6) is 0 Å². The molecule has 0 spiro atoms. The molecular weight excluding hydrogens is 236 g/mol. The van der Waals surface area contributed by atoms with Gasteiger partial charge in [0.15, 0.2) is 0 Å². The van der Waals surface area contributed by atoms with Crippen molar-refractivity contribution in [3.63, 3.8) is 0 Å². The molecule has 0 aliphatic heterocycles. The zero-order valence-corrected chi connectivity index (χ0v) is 12.0. The Balaban J connectivity index is 4.67. The van der Waals surface area contributed by atoms with Crippen LogP contribution in [0.15, 0.2) is 0 Å². The first-order valence-corrected chi connectivity index (χ1v) is 5.82. The number of aliphatic carboxylic acids is 1. The Bertz CT molecular complexity index is 313. The van der Waals surface area contributed by atoms with Crippen molar-refractivity contribution >= 4 is 12.0 Å². The normalized spacial score (nSPS) is 12.1. The van der Waals surface area contributed by atoms with E-state index in [1.165, 1.54) is 4.90 Å². The van der Waals surface area contributed by atoms with Crippen LogP contribution >= 0.6 is 0 Å². The molecule has 0 aromatic carbocycles. The second-order valence-corrected chi connectivity index (χ2v) is 5.40. The Labute approximate surface area is 108 Å². The average Bonchev–Trinajstić information content (AvgIpc) is 2.24. The lowest BCUT2D eigenvalue weighted by Crippen LogP contribution is -2.59. The van der Waals surface area contributed by atoms with Gasteiger partial charge in [-0.05, 0) is 27.7 Å². The SMILES string of the molecule is COCCN(C)C(=O)NC(C)(C)C(C)(C)C(=O)O. The predicted molar refractivity (Wildman–Crippen MR) is 68.5 cm³/mol. The molecule has 0 atom stereocenters. The minimum atomic E-state index is -1.06. The molecule has 0 bridgehead atoms. The molecule has 0 fully saturated rings. The maximum absolute atomic E-state index is 11.9. The smallest absolute Gasteiger partial charge is 0.317 e. The highest BCUT2D eigenvalue weighted by atomic mass is 16.5. The van der Waals surface area contributed by atoms with Crippen LogP contribution in [0.1, 0.15) is 27.7 Å². The van der Waals surface area contributed by atoms with E-state index in [4.69, 9.17) is 4.74 Å². The molecule has 0 heterocycles. The summed E-state index contributed by atoms with van der Waals surface area (Å²) >= 11 is 0. The lowest BCUT2D eigenvalue weighted by Gasteiger charge is -2.39. The molecule has 6 nitrogen and oxygen atoms in total. The molecule has 2 N–H and O–H groups in total. The van der Waals surface area contributed by atoms with E-state index in [0.29, 0.717) is 13.2 Å². The zero-order valence-electron chi connectivity index (χ0n) is 12.0. The zero-order chi connectivity index (χ0) is 14.6. The van der Waals surface area contributed by atoms with Crippen molar-refractivity contribution in [1.29, 1.82) is 0 Å². The summed E-state index contributed by atoms with van der Waals surface area (Å²) in [7, 11) is 3.20. The lowest BCUT2D eigenvalue weighted by atomic mass is 9.74. The van der Waals surface area contributed by atoms with Gasteiger partial charge in [-0.1, -0.05) is 0 Å². The van der Waals surface area contributed by atoms with Crippen LogP contribution in [0.3, 0.4) is 0 Å². The average molecular weight is 260 g/mol. The summed E-state index contributed by atoms with van der Waals surface area (Å²) in [4.78, 5) is 24.6. The number of carbonyl (C=O) groups excluding carboxylic acids is 1. The van der Waals surface area contributed by atoms with Crippen LogP contribution < -0.4 is 5.32 Å². The number of nitrogens with zero attached hydrogens (tertiary/aromatic N) is 1. The fourth-order valence-electron chi connectivity index (χ4n) is 1.12. The molecule has 0 radical (unpaired) electrons. The van der Waals surface area contributed by atoms with Gasteiger partial charge in [0, 0.05) is 20.7 Å². The molecule has 0 unspecified atom stereocenters. The minimum absolute atomic E-state index is 0.314. The number of ether oxygens (including phenoxy) is 1. The summed E-state index contributed by atoms with van der Waals surface area (Å²) in [6, 6.07) is -0.314. The van der Waals surface area contributed by atoms with Crippen molar-refractivity contribution < 1.29 is 19.4 Å². The molecule has 0 saturated heterocycles. The fourth-order valence-corrected chi connectivity index (χ4v) is 1.12. The number of methoxy groups -OCH3 is 1. The Kier molecular flexibility index (Phi) is 5.60. The summed E-state index contributed by atoms with van der Waals surface area (Å²) < 4.78 is 4.88. The minimum Gasteiger partial charge on any atom is -0.481 e. The molecule has 106 valence electrons. The monoisotopic (exact) mass is 260 g/mol. The van der Waals surface area contributed by atoms with E-state index in [0.717, 1.165) is 0 Å². The summed E-state index contributed by atoms with van der Waals surface area (Å²) in [5.74, 6) is -0.952. The Morgan fingerprint density at radius 2 is 1.78 bits per heavy atom. The van der Waals surface area contributed by atoms with Crippen molar-refractivity contribution in [2.45, 2.75) is 33.2 Å². The first-order chi connectivity index (χ1) is 8.06. The van der Waals surface area contributed by atoms with E-state index in [1.54, 1.807) is 41.9 Å². The van der Waals surface area contributed by atoms with Gasteiger partial charge >= 0.3 is 12.0 Å². The molecule has 0 aromatic rings. The van der Waals surface area contributed by atoms with Gasteiger partial charge in [-0.2, -0.15) is 0 Å². The van der Waals surface area contributed by atoms with Gasteiger partial charge in [0.25, 0.3) is 0 Å². The fraction of sp³-hybridized carbons (Fsp3) is 0.833. The highest BCUT2D eigenvalue weighted by Crippen LogP contribution is 2.30. The number of carboxylic acid groups (broad SMARTS) is 1. The summed E-state index contributed by atoms with van der Waals surface area (Å²) in [5, 5.41) is 11.9. The van der Waals surface area contributed by atoms with Crippen molar-refractivity contribution in [2.24, 2.45) is 5.41 Å². The maximum Gasteiger partial charge on any atom is 0.317 e. The second-order valence-electron chi connectivity index (χ2n) is 5.40. The molecular formula is C12H24N2O4. The Hall–Kier alpha value is -1.30. The summed E-state index contributed by atoms with van der Waals surface area (Å²) in [6.45, 7) is 7.46.